The Morgan fingerprint density at radius 3 is 1.65 bits per heavy atom. The van der Waals surface area contributed by atoms with Crippen molar-refractivity contribution < 1.29 is 4.74 Å². The van der Waals surface area contributed by atoms with E-state index in [9.17, 15) is 0 Å². The second-order valence-electron chi connectivity index (χ2n) is 4.72. The Bertz CT molecular complexity index is 588. The van der Waals surface area contributed by atoms with Gasteiger partial charge in [0.05, 0.1) is 0 Å². The van der Waals surface area contributed by atoms with Crippen LogP contribution in [0.4, 0.5) is 0 Å². The Kier molecular flexibility index (Phi) is 3.84. The van der Waals surface area contributed by atoms with Crippen LogP contribution in [0.25, 0.3) is 0 Å². The van der Waals surface area contributed by atoms with Gasteiger partial charge in [-0.05, 0) is 24.3 Å². The Labute approximate surface area is 120 Å². The van der Waals surface area contributed by atoms with Crippen molar-refractivity contribution in [2.45, 2.75) is 0 Å². The molecule has 0 aliphatic carbocycles. The Hall–Kier alpha value is -2.48. The molecule has 0 unspecified atom stereocenters. The zero-order valence-corrected chi connectivity index (χ0v) is 11.2. The molecule has 0 heterocycles. The molecule has 0 aliphatic heterocycles. The van der Waals surface area contributed by atoms with E-state index in [2.05, 4.69) is 36.4 Å². The average Bonchev–Trinajstić information content (AvgIpc) is 2.51. The first-order valence-electron chi connectivity index (χ1n) is 6.76. The molecule has 3 aromatic carbocycles. The summed E-state index contributed by atoms with van der Waals surface area (Å²) >= 11 is 0. The summed E-state index contributed by atoms with van der Waals surface area (Å²) in [6.45, 7) is 0. The first-order valence-corrected chi connectivity index (χ1v) is 6.76. The van der Waals surface area contributed by atoms with Gasteiger partial charge in [0.25, 0.3) is 0 Å². The van der Waals surface area contributed by atoms with Crippen molar-refractivity contribution in [3.05, 3.63) is 84.9 Å². The molecule has 3 rings (SSSR count). The fraction of sp³-hybridized carbons (Fsp3) is 0. The second-order valence-corrected chi connectivity index (χ2v) is 4.72. The Balaban J connectivity index is 1.69. The van der Waals surface area contributed by atoms with Crippen molar-refractivity contribution in [3.8, 4) is 11.5 Å². The lowest BCUT2D eigenvalue weighted by Crippen LogP contribution is -2.26. The lowest BCUT2D eigenvalue weighted by atomic mass is 9.64. The van der Waals surface area contributed by atoms with Gasteiger partial charge in [-0.15, -0.1) is 0 Å². The maximum absolute atomic E-state index is 5.78. The van der Waals surface area contributed by atoms with Crippen LogP contribution in [0.15, 0.2) is 84.9 Å². The van der Waals surface area contributed by atoms with Gasteiger partial charge in [-0.1, -0.05) is 71.6 Å². The summed E-state index contributed by atoms with van der Waals surface area (Å²) in [7, 11) is 0.951. The Morgan fingerprint density at radius 1 is 0.500 bits per heavy atom. The lowest BCUT2D eigenvalue weighted by molar-refractivity contribution is 0.483. The summed E-state index contributed by atoms with van der Waals surface area (Å²) in [4.78, 5) is 0. The summed E-state index contributed by atoms with van der Waals surface area (Å²) in [5, 5.41) is 0. The highest BCUT2D eigenvalue weighted by Gasteiger charge is 2.00. The van der Waals surface area contributed by atoms with Crippen molar-refractivity contribution >= 4 is 18.2 Å². The topological polar surface area (TPSA) is 9.23 Å². The van der Waals surface area contributed by atoms with E-state index in [1.54, 1.807) is 0 Å². The van der Waals surface area contributed by atoms with Gasteiger partial charge in [0, 0.05) is 0 Å². The van der Waals surface area contributed by atoms with Gasteiger partial charge in [-0.3, -0.25) is 0 Å². The number of rotatable bonds is 4. The first kappa shape index (κ1) is 12.6. The van der Waals surface area contributed by atoms with Gasteiger partial charge in [0.2, 0.25) is 0 Å². The quantitative estimate of drug-likeness (QED) is 0.654. The van der Waals surface area contributed by atoms with Crippen LogP contribution in [0.3, 0.4) is 0 Å². The van der Waals surface area contributed by atoms with Crippen molar-refractivity contribution in [2.75, 3.05) is 0 Å². The molecular formula is C18H15BO. The minimum absolute atomic E-state index is 0.864. The molecule has 0 aromatic heterocycles. The van der Waals surface area contributed by atoms with Crippen LogP contribution in [-0.4, -0.2) is 7.28 Å². The lowest BCUT2D eigenvalue weighted by Gasteiger charge is -2.06. The van der Waals surface area contributed by atoms with Crippen LogP contribution >= 0.6 is 0 Å². The maximum atomic E-state index is 5.78. The molecule has 0 saturated heterocycles. The van der Waals surface area contributed by atoms with Gasteiger partial charge in [-0.25, -0.2) is 0 Å². The second kappa shape index (κ2) is 6.11. The monoisotopic (exact) mass is 258 g/mol. The SMILES string of the molecule is B(c1ccccc1)c1ccc(Oc2ccccc2)cc1. The highest BCUT2D eigenvalue weighted by Crippen LogP contribution is 2.19. The number of benzene rings is 3. The van der Waals surface area contributed by atoms with Gasteiger partial charge < -0.3 is 4.74 Å². The fourth-order valence-electron chi connectivity index (χ4n) is 2.13. The minimum Gasteiger partial charge on any atom is -0.457 e. The molecular weight excluding hydrogens is 243 g/mol. The van der Waals surface area contributed by atoms with Crippen molar-refractivity contribution in [1.82, 2.24) is 0 Å². The van der Waals surface area contributed by atoms with E-state index in [4.69, 9.17) is 4.74 Å². The van der Waals surface area contributed by atoms with E-state index in [1.165, 1.54) is 10.9 Å². The van der Waals surface area contributed by atoms with E-state index in [-0.39, 0.29) is 0 Å². The van der Waals surface area contributed by atoms with Gasteiger partial charge in [-0.2, -0.15) is 0 Å². The van der Waals surface area contributed by atoms with Gasteiger partial charge in [0.1, 0.15) is 11.5 Å². The minimum atomic E-state index is 0.864. The molecule has 0 N–H and O–H groups in total. The molecule has 0 spiro atoms. The summed E-state index contributed by atoms with van der Waals surface area (Å²) in [5.74, 6) is 1.73. The standard InChI is InChI=1S/C18H15BO/c1-3-7-15(8-4-1)19-16-11-13-18(14-12-16)20-17-9-5-2-6-10-17/h1-14,19H. The smallest absolute Gasteiger partial charge is 0.192 e. The summed E-state index contributed by atoms with van der Waals surface area (Å²) in [6.07, 6.45) is 0. The normalized spacial score (nSPS) is 10.0. The van der Waals surface area contributed by atoms with Gasteiger partial charge in [0.15, 0.2) is 7.28 Å². The van der Waals surface area contributed by atoms with Gasteiger partial charge >= 0.3 is 0 Å². The van der Waals surface area contributed by atoms with E-state index < -0.39 is 0 Å². The molecule has 20 heavy (non-hydrogen) atoms. The predicted octanol–water partition coefficient (Wildman–Crippen LogP) is 2.87. The number of hydrogen-bond acceptors (Lipinski definition) is 1. The number of ether oxygens (including phenoxy) is 1. The molecule has 3 aromatic rings. The third-order valence-electron chi connectivity index (χ3n) is 3.15. The molecule has 96 valence electrons. The van der Waals surface area contributed by atoms with E-state index >= 15 is 0 Å². The zero-order valence-electron chi connectivity index (χ0n) is 11.2. The van der Waals surface area contributed by atoms with E-state index in [0.29, 0.717) is 0 Å². The highest BCUT2D eigenvalue weighted by molar-refractivity contribution is 6.67. The number of hydrogen-bond donors (Lipinski definition) is 0. The average molecular weight is 258 g/mol. The molecule has 2 heteroatoms. The molecule has 0 bridgehead atoms. The molecule has 0 radical (unpaired) electrons. The van der Waals surface area contributed by atoms with Crippen LogP contribution in [0, 0.1) is 0 Å². The van der Waals surface area contributed by atoms with E-state index in [1.807, 2.05) is 48.5 Å². The first-order chi connectivity index (χ1) is 9.90. The Morgan fingerprint density at radius 2 is 1.00 bits per heavy atom. The summed E-state index contributed by atoms with van der Waals surface area (Å²) in [5.41, 5.74) is 2.61. The van der Waals surface area contributed by atoms with Crippen LogP contribution in [0.5, 0.6) is 11.5 Å². The maximum Gasteiger partial charge on any atom is 0.192 e. The van der Waals surface area contributed by atoms with Crippen LogP contribution < -0.4 is 15.7 Å². The molecule has 0 atom stereocenters. The van der Waals surface area contributed by atoms with Crippen molar-refractivity contribution in [3.63, 3.8) is 0 Å². The molecule has 0 saturated carbocycles. The molecule has 1 nitrogen and oxygen atoms in total. The molecule has 0 fully saturated rings. The largest absolute Gasteiger partial charge is 0.457 e. The van der Waals surface area contributed by atoms with Crippen LogP contribution in [-0.2, 0) is 0 Å². The zero-order chi connectivity index (χ0) is 13.6. The third kappa shape index (κ3) is 3.30. The molecule has 0 amide bonds. The summed E-state index contributed by atoms with van der Waals surface area (Å²) in [6, 6.07) is 28.6. The summed E-state index contributed by atoms with van der Waals surface area (Å²) < 4.78 is 5.78. The van der Waals surface area contributed by atoms with Crippen LogP contribution in [0.2, 0.25) is 0 Å². The van der Waals surface area contributed by atoms with Crippen molar-refractivity contribution in [2.24, 2.45) is 0 Å². The van der Waals surface area contributed by atoms with E-state index in [0.717, 1.165) is 18.8 Å². The third-order valence-corrected chi connectivity index (χ3v) is 3.15. The van der Waals surface area contributed by atoms with Crippen LogP contribution in [0.1, 0.15) is 0 Å². The van der Waals surface area contributed by atoms with Crippen molar-refractivity contribution in [1.29, 1.82) is 0 Å². The fourth-order valence-corrected chi connectivity index (χ4v) is 2.13. The highest BCUT2D eigenvalue weighted by atomic mass is 16.5. The number of para-hydroxylation sites is 1. The predicted molar refractivity (Wildman–Crippen MR) is 85.8 cm³/mol. The molecule has 0 aliphatic rings.